The van der Waals surface area contributed by atoms with E-state index in [2.05, 4.69) is 48.1 Å². The number of amides is 2. The van der Waals surface area contributed by atoms with E-state index in [0.29, 0.717) is 17.1 Å². The van der Waals surface area contributed by atoms with Crippen molar-refractivity contribution >= 4 is 40.2 Å². The molecule has 0 saturated carbocycles. The number of nitrogens with one attached hydrogen (secondary N) is 1. The van der Waals surface area contributed by atoms with Crippen LogP contribution < -0.4 is 20.9 Å². The van der Waals surface area contributed by atoms with Gasteiger partial charge in [-0.15, -0.1) is 27.1 Å². The number of carbonyl (C=O) groups excluding carboxylic acids is 4. The van der Waals surface area contributed by atoms with Crippen molar-refractivity contribution in [2.75, 3.05) is 26.4 Å². The van der Waals surface area contributed by atoms with Gasteiger partial charge in [-0.3, -0.25) is 24.2 Å². The van der Waals surface area contributed by atoms with Gasteiger partial charge in [-0.05, 0) is 70.5 Å². The summed E-state index contributed by atoms with van der Waals surface area (Å²) in [5, 5.41) is 45.3. The van der Waals surface area contributed by atoms with Crippen LogP contribution in [0.2, 0.25) is 0 Å². The van der Waals surface area contributed by atoms with Crippen molar-refractivity contribution in [2.45, 2.75) is 60.5 Å². The van der Waals surface area contributed by atoms with Gasteiger partial charge in [-0.25, -0.2) is 4.68 Å². The molecule has 0 saturated heterocycles. The molecular formula is C35H51N15O6S. The Morgan fingerprint density at radius 2 is 1.49 bits per heavy atom. The molecule has 4 aromatic rings. The summed E-state index contributed by atoms with van der Waals surface area (Å²) >= 11 is 1.85. The summed E-state index contributed by atoms with van der Waals surface area (Å²) in [5.41, 5.74) is 13.9. The molecule has 0 aromatic carbocycles. The number of hydrogen-bond acceptors (Lipinski definition) is 16. The van der Waals surface area contributed by atoms with E-state index >= 15 is 0 Å². The Hall–Kier alpha value is -6.26. The number of hydrogen-bond donors (Lipinski definition) is 3. The lowest BCUT2D eigenvalue weighted by atomic mass is 10.0. The number of pyridine rings is 2. The van der Waals surface area contributed by atoms with Gasteiger partial charge in [0.15, 0.2) is 42.2 Å². The van der Waals surface area contributed by atoms with Gasteiger partial charge in [0.1, 0.15) is 17.9 Å². The molecule has 3 aliphatic heterocycles. The van der Waals surface area contributed by atoms with Gasteiger partial charge in [0, 0.05) is 80.7 Å². The molecule has 0 fully saturated rings. The van der Waals surface area contributed by atoms with Crippen LogP contribution >= 0.6 is 11.8 Å². The number of Topliss-reactive ketones (excluding diaryl/α,β-unsaturated/α-hetero) is 1. The van der Waals surface area contributed by atoms with E-state index in [9.17, 15) is 29.6 Å². The van der Waals surface area contributed by atoms with Gasteiger partial charge in [-0.2, -0.15) is 14.7 Å². The highest BCUT2D eigenvalue weighted by Crippen LogP contribution is 2.10. The van der Waals surface area contributed by atoms with E-state index in [1.54, 1.807) is 64.8 Å². The smallest absolute Gasteiger partial charge is 0.251 e. The van der Waals surface area contributed by atoms with Crippen LogP contribution in [0.4, 0.5) is 0 Å². The minimum Gasteiger partial charge on any atom is -0.619 e. The van der Waals surface area contributed by atoms with Crippen molar-refractivity contribution < 1.29 is 28.6 Å². The van der Waals surface area contributed by atoms with Gasteiger partial charge in [0.05, 0.1) is 5.04 Å². The van der Waals surface area contributed by atoms with E-state index in [1.807, 2.05) is 38.6 Å². The quantitative estimate of drug-likeness (QED) is 0.119. The van der Waals surface area contributed by atoms with Crippen LogP contribution in [0.15, 0.2) is 77.6 Å². The molecule has 0 spiro atoms. The molecule has 21 nitrogen and oxygen atoms in total. The third-order valence-corrected chi connectivity index (χ3v) is 8.30. The fourth-order valence-corrected chi connectivity index (χ4v) is 4.53. The minimum absolute atomic E-state index is 0.284. The molecule has 0 aliphatic carbocycles. The van der Waals surface area contributed by atoms with Crippen molar-refractivity contribution in [1.82, 2.24) is 50.6 Å². The number of carbonyl (C=O) groups is 4. The Morgan fingerprint density at radius 3 is 1.86 bits per heavy atom. The Kier molecular flexibility index (Phi) is 21.4. The number of thioether (sulfide) groups is 1. The minimum atomic E-state index is -0.997. The van der Waals surface area contributed by atoms with E-state index < -0.39 is 12.1 Å². The van der Waals surface area contributed by atoms with E-state index in [1.165, 1.54) is 57.7 Å². The first-order chi connectivity index (χ1) is 26.7. The molecule has 2 amide bonds. The first-order valence-electron chi connectivity index (χ1n) is 17.1. The second-order valence-corrected chi connectivity index (χ2v) is 13.5. The summed E-state index contributed by atoms with van der Waals surface area (Å²) in [6, 6.07) is 5.16. The van der Waals surface area contributed by atoms with Crippen LogP contribution in [0.1, 0.15) is 43.5 Å². The number of aryl methyl sites for hydroxylation is 5. The Balaban J connectivity index is 0.000000336. The second kappa shape index (κ2) is 25.0. The third-order valence-electron chi connectivity index (χ3n) is 7.37. The van der Waals surface area contributed by atoms with Crippen molar-refractivity contribution in [3.8, 4) is 0 Å². The highest BCUT2D eigenvalue weighted by Gasteiger charge is 2.30. The number of aromatic nitrogens is 10. The van der Waals surface area contributed by atoms with Crippen LogP contribution in [0.25, 0.3) is 0 Å². The van der Waals surface area contributed by atoms with Gasteiger partial charge < -0.3 is 31.7 Å². The molecule has 57 heavy (non-hydrogen) atoms. The summed E-state index contributed by atoms with van der Waals surface area (Å²) in [5.74, 6) is 1.43. The summed E-state index contributed by atoms with van der Waals surface area (Å²) in [6.07, 6.45) is 8.83. The monoisotopic (exact) mass is 809 g/mol. The average molecular weight is 810 g/mol. The molecule has 2 atom stereocenters. The maximum absolute atomic E-state index is 11.1. The molecular weight excluding hydrogens is 759 g/mol. The zero-order valence-corrected chi connectivity index (χ0v) is 34.5. The van der Waals surface area contributed by atoms with Gasteiger partial charge in [0.2, 0.25) is 0 Å². The fourth-order valence-electron chi connectivity index (χ4n) is 3.87. The number of nitrogens with two attached hydrogens (primary N) is 2. The predicted molar refractivity (Wildman–Crippen MR) is 212 cm³/mol. The number of rotatable bonds is 0. The molecule has 0 bridgehead atoms. The SMILES string of the molecule is CC1=CC(=O)C(N)C(=O)N1C.CC1=CN(C)C(=O)C(N)C1=O.CC1=NCCS1.Cc1cc[n+]([O-])cc1.Cc1ccc[n+]([O-])c1.Cc1nn[nH]n1.Cc1nnnn1C. The normalized spacial score (nSPS) is 16.7. The average Bonchev–Trinajstić information content (AvgIpc) is 3.95. The van der Waals surface area contributed by atoms with E-state index in [-0.39, 0.29) is 23.4 Å². The summed E-state index contributed by atoms with van der Waals surface area (Å²) < 4.78 is 3.17. The van der Waals surface area contributed by atoms with Crippen molar-refractivity contribution in [3.63, 3.8) is 0 Å². The third kappa shape index (κ3) is 18.8. The number of allylic oxidation sites excluding steroid dienone is 1. The summed E-state index contributed by atoms with van der Waals surface area (Å²) in [4.78, 5) is 50.9. The van der Waals surface area contributed by atoms with Crippen LogP contribution in [0, 0.1) is 38.1 Å². The number of ketones is 2. The first kappa shape index (κ1) is 48.8. The van der Waals surface area contributed by atoms with Gasteiger partial charge >= 0.3 is 0 Å². The standard InChI is InChI=1S/2C7H10N2O2.2C6H7NO.C4H7NS.C3H6N4.C2H4N4/c1-4-3-9(2)7(11)5(8)6(4)10;1-4-3-5(10)6(8)7(11)9(4)2;1-6-2-4-7(8)5-3-6;1-6-3-2-4-7(8)5-6;1-4-5-2-3-6-4;1-3-4-5-6-7(3)2;1-2-3-5-6-4-2/h3,5H,8H2,1-2H3;3,6H,8H2,1-2H3;2*2-5H,1H3;2-3H2,1H3;1-2H3;1H3,(H,3,4,5,6). The number of aliphatic imine (C=N–C) groups is 1. The molecule has 7 rings (SSSR count). The number of aromatic amines is 1. The Bertz CT molecular complexity index is 1930. The van der Waals surface area contributed by atoms with Crippen molar-refractivity contribution in [1.29, 1.82) is 0 Å². The molecule has 22 heteroatoms. The lowest BCUT2D eigenvalue weighted by Gasteiger charge is -2.24. The number of likely N-dealkylation sites (N-methyl/N-ethyl adjacent to an activating group) is 2. The summed E-state index contributed by atoms with van der Waals surface area (Å²) in [6.45, 7) is 13.9. The van der Waals surface area contributed by atoms with E-state index in [0.717, 1.165) is 33.0 Å². The number of H-pyrrole nitrogens is 1. The molecule has 308 valence electrons. The Morgan fingerprint density at radius 1 is 0.842 bits per heavy atom. The zero-order chi connectivity index (χ0) is 43.2. The van der Waals surface area contributed by atoms with Crippen LogP contribution in [0.5, 0.6) is 0 Å². The lowest BCUT2D eigenvalue weighted by molar-refractivity contribution is -0.605. The van der Waals surface area contributed by atoms with Crippen LogP contribution in [-0.4, -0.2) is 118 Å². The molecule has 4 aromatic heterocycles. The predicted octanol–water partition coefficient (Wildman–Crippen LogP) is -0.0477. The van der Waals surface area contributed by atoms with Crippen molar-refractivity contribution in [3.05, 3.63) is 106 Å². The van der Waals surface area contributed by atoms with Crippen LogP contribution in [-0.2, 0) is 26.2 Å². The molecule has 7 heterocycles. The fraction of sp³-hybridized carbons (Fsp3) is 0.400. The molecule has 5 N–H and O–H groups in total. The lowest BCUT2D eigenvalue weighted by Crippen LogP contribution is -2.48. The maximum Gasteiger partial charge on any atom is 0.251 e. The van der Waals surface area contributed by atoms with Gasteiger partial charge in [0.25, 0.3) is 11.8 Å². The Labute approximate surface area is 335 Å². The topological polar surface area (TPSA) is 291 Å². The number of nitrogens with zero attached hydrogens (tertiary/aromatic N) is 12. The van der Waals surface area contributed by atoms with Crippen LogP contribution in [0.3, 0.4) is 0 Å². The molecule has 2 unspecified atom stereocenters. The van der Waals surface area contributed by atoms with Gasteiger partial charge in [-0.1, -0.05) is 5.21 Å². The second-order valence-electron chi connectivity index (χ2n) is 12.2. The molecule has 0 radical (unpaired) electrons. The van der Waals surface area contributed by atoms with E-state index in [4.69, 9.17) is 11.5 Å². The number of tetrazole rings is 2. The van der Waals surface area contributed by atoms with Crippen molar-refractivity contribution in [2.24, 2.45) is 23.5 Å². The zero-order valence-electron chi connectivity index (χ0n) is 33.7. The molecule has 3 aliphatic rings. The maximum atomic E-state index is 11.1. The largest absolute Gasteiger partial charge is 0.619 e. The highest BCUT2D eigenvalue weighted by atomic mass is 32.2. The summed E-state index contributed by atoms with van der Waals surface area (Å²) in [7, 11) is 4.98. The highest BCUT2D eigenvalue weighted by molar-refractivity contribution is 8.14. The first-order valence-corrected chi connectivity index (χ1v) is 18.1.